The van der Waals surface area contributed by atoms with E-state index >= 15 is 0 Å². The Morgan fingerprint density at radius 3 is 2.82 bits per heavy atom. The van der Waals surface area contributed by atoms with Gasteiger partial charge < -0.3 is 14.8 Å². The number of rotatable bonds is 5. The molecule has 0 atom stereocenters. The molecule has 0 spiro atoms. The molecule has 0 bridgehead atoms. The van der Waals surface area contributed by atoms with Crippen molar-refractivity contribution in [3.8, 4) is 0 Å². The lowest BCUT2D eigenvalue weighted by Gasteiger charge is -2.36. The zero-order chi connectivity index (χ0) is 12.1. The fourth-order valence-electron chi connectivity index (χ4n) is 2.37. The molecule has 1 aliphatic heterocycles. The molecule has 0 aliphatic carbocycles. The van der Waals surface area contributed by atoms with Crippen LogP contribution in [0.25, 0.3) is 0 Å². The van der Waals surface area contributed by atoms with Crippen molar-refractivity contribution in [3.63, 3.8) is 0 Å². The molecule has 1 saturated heterocycles. The highest BCUT2D eigenvalue weighted by Crippen LogP contribution is 2.20. The van der Waals surface area contributed by atoms with Crippen molar-refractivity contribution in [1.29, 1.82) is 0 Å². The van der Waals surface area contributed by atoms with Crippen molar-refractivity contribution in [2.75, 3.05) is 26.2 Å². The maximum atomic E-state index is 10.5. The molecule has 2 N–H and O–H groups in total. The van der Waals surface area contributed by atoms with Crippen molar-refractivity contribution < 1.29 is 9.52 Å². The molecule has 0 saturated carbocycles. The van der Waals surface area contributed by atoms with Crippen LogP contribution in [0.3, 0.4) is 0 Å². The summed E-state index contributed by atoms with van der Waals surface area (Å²) in [6.07, 6.45) is 3.37. The monoisotopic (exact) mass is 238 g/mol. The molecule has 4 heteroatoms. The maximum Gasteiger partial charge on any atom is 0.117 e. The van der Waals surface area contributed by atoms with Crippen LogP contribution in [0.1, 0.15) is 25.5 Å². The Bertz CT molecular complexity index is 318. The van der Waals surface area contributed by atoms with E-state index in [1.165, 1.54) is 0 Å². The van der Waals surface area contributed by atoms with Crippen LogP contribution >= 0.6 is 0 Å². The molecule has 0 amide bonds. The molecule has 0 radical (unpaired) electrons. The molecule has 1 aliphatic rings. The molecule has 2 rings (SSSR count). The van der Waals surface area contributed by atoms with Crippen LogP contribution in [-0.2, 0) is 6.54 Å². The van der Waals surface area contributed by atoms with Crippen LogP contribution in [0.4, 0.5) is 0 Å². The van der Waals surface area contributed by atoms with Gasteiger partial charge in [0.1, 0.15) is 5.76 Å². The summed E-state index contributed by atoms with van der Waals surface area (Å²) in [5.41, 5.74) is -0.534. The van der Waals surface area contributed by atoms with E-state index in [-0.39, 0.29) is 0 Å². The summed E-state index contributed by atoms with van der Waals surface area (Å²) in [6.45, 7) is 6.37. The Kier molecular flexibility index (Phi) is 4.20. The molecule has 4 nitrogen and oxygen atoms in total. The molecule has 17 heavy (non-hydrogen) atoms. The lowest BCUT2D eigenvalue weighted by Crippen LogP contribution is -2.49. The average molecular weight is 238 g/mol. The van der Waals surface area contributed by atoms with Gasteiger partial charge >= 0.3 is 0 Å². The molecule has 1 aromatic heterocycles. The molecule has 0 unspecified atom stereocenters. The fourth-order valence-corrected chi connectivity index (χ4v) is 2.37. The van der Waals surface area contributed by atoms with Gasteiger partial charge in [0.15, 0.2) is 0 Å². The predicted molar refractivity (Wildman–Crippen MR) is 66.7 cm³/mol. The van der Waals surface area contributed by atoms with Crippen molar-refractivity contribution in [1.82, 2.24) is 10.2 Å². The van der Waals surface area contributed by atoms with Gasteiger partial charge in [0.25, 0.3) is 0 Å². The number of furan rings is 1. The molecule has 0 aromatic carbocycles. The van der Waals surface area contributed by atoms with Crippen LogP contribution in [0.5, 0.6) is 0 Å². The van der Waals surface area contributed by atoms with Gasteiger partial charge in [-0.25, -0.2) is 0 Å². The van der Waals surface area contributed by atoms with Gasteiger partial charge in [-0.1, -0.05) is 6.92 Å². The van der Waals surface area contributed by atoms with E-state index in [1.54, 1.807) is 6.26 Å². The van der Waals surface area contributed by atoms with Crippen LogP contribution in [0.2, 0.25) is 0 Å². The molecular weight excluding hydrogens is 216 g/mol. The summed E-state index contributed by atoms with van der Waals surface area (Å²) in [6, 6.07) is 3.89. The van der Waals surface area contributed by atoms with E-state index in [4.69, 9.17) is 4.42 Å². The largest absolute Gasteiger partial charge is 0.468 e. The number of nitrogens with zero attached hydrogens (tertiary/aromatic N) is 1. The lowest BCUT2D eigenvalue weighted by molar-refractivity contribution is -0.0228. The molecule has 2 heterocycles. The van der Waals surface area contributed by atoms with Crippen LogP contribution in [0.15, 0.2) is 22.8 Å². The number of likely N-dealkylation sites (N-methyl/N-ethyl adjacent to an activating group) is 1. The standard InChI is InChI=1S/C13H22N2O2/c1-2-15(10-12-4-3-9-17-12)11-13(16)5-7-14-8-6-13/h3-4,9,14,16H,2,5-8,10-11H2,1H3. The van der Waals surface area contributed by atoms with E-state index < -0.39 is 5.60 Å². The zero-order valence-electron chi connectivity index (χ0n) is 10.5. The average Bonchev–Trinajstić information content (AvgIpc) is 2.81. The maximum absolute atomic E-state index is 10.5. The summed E-state index contributed by atoms with van der Waals surface area (Å²) in [4.78, 5) is 2.24. The SMILES string of the molecule is CCN(Cc1ccco1)CC1(O)CCNCC1. The molecule has 96 valence electrons. The summed E-state index contributed by atoms with van der Waals surface area (Å²) in [5.74, 6) is 0.962. The summed E-state index contributed by atoms with van der Waals surface area (Å²) in [7, 11) is 0. The second-order valence-electron chi connectivity index (χ2n) is 4.86. The first-order valence-electron chi connectivity index (χ1n) is 6.40. The minimum Gasteiger partial charge on any atom is -0.468 e. The third-order valence-electron chi connectivity index (χ3n) is 3.46. The topological polar surface area (TPSA) is 48.6 Å². The minimum atomic E-state index is -0.534. The highest BCUT2D eigenvalue weighted by molar-refractivity contribution is 4.98. The van der Waals surface area contributed by atoms with Crippen LogP contribution in [0, 0.1) is 0 Å². The number of hydrogen-bond acceptors (Lipinski definition) is 4. The quantitative estimate of drug-likeness (QED) is 0.809. The normalized spacial score (nSPS) is 19.7. The third kappa shape index (κ3) is 3.56. The van der Waals surface area contributed by atoms with Crippen LogP contribution < -0.4 is 5.32 Å². The minimum absolute atomic E-state index is 0.534. The number of hydrogen-bond donors (Lipinski definition) is 2. The first-order chi connectivity index (χ1) is 8.22. The van der Waals surface area contributed by atoms with Gasteiger partial charge in [0, 0.05) is 6.54 Å². The van der Waals surface area contributed by atoms with E-state index in [0.717, 1.165) is 51.3 Å². The van der Waals surface area contributed by atoms with Gasteiger partial charge in [-0.3, -0.25) is 4.90 Å². The summed E-state index contributed by atoms with van der Waals surface area (Å²) < 4.78 is 5.35. The van der Waals surface area contributed by atoms with E-state index in [1.807, 2.05) is 12.1 Å². The Hall–Kier alpha value is -0.840. The summed E-state index contributed by atoms with van der Waals surface area (Å²) >= 11 is 0. The van der Waals surface area contributed by atoms with Gasteiger partial charge in [-0.2, -0.15) is 0 Å². The smallest absolute Gasteiger partial charge is 0.117 e. The number of nitrogens with one attached hydrogen (secondary N) is 1. The Morgan fingerprint density at radius 2 is 2.24 bits per heavy atom. The molecular formula is C13H22N2O2. The zero-order valence-corrected chi connectivity index (χ0v) is 10.5. The Morgan fingerprint density at radius 1 is 1.47 bits per heavy atom. The molecule has 1 fully saturated rings. The highest BCUT2D eigenvalue weighted by Gasteiger charge is 2.30. The Labute approximate surface area is 103 Å². The van der Waals surface area contributed by atoms with E-state index in [0.29, 0.717) is 0 Å². The first kappa shape index (κ1) is 12.6. The molecule has 1 aromatic rings. The number of piperidine rings is 1. The summed E-state index contributed by atoms with van der Waals surface area (Å²) in [5, 5.41) is 13.8. The second-order valence-corrected chi connectivity index (χ2v) is 4.86. The second kappa shape index (κ2) is 5.67. The van der Waals surface area contributed by atoms with E-state index in [2.05, 4.69) is 17.1 Å². The third-order valence-corrected chi connectivity index (χ3v) is 3.46. The van der Waals surface area contributed by atoms with Crippen molar-refractivity contribution in [2.45, 2.75) is 31.9 Å². The van der Waals surface area contributed by atoms with Gasteiger partial charge in [-0.05, 0) is 44.6 Å². The Balaban J connectivity index is 1.90. The van der Waals surface area contributed by atoms with Crippen molar-refractivity contribution in [2.24, 2.45) is 0 Å². The van der Waals surface area contributed by atoms with Gasteiger partial charge in [0.05, 0.1) is 18.4 Å². The highest BCUT2D eigenvalue weighted by atomic mass is 16.3. The van der Waals surface area contributed by atoms with Gasteiger partial charge in [0.2, 0.25) is 0 Å². The first-order valence-corrected chi connectivity index (χ1v) is 6.40. The lowest BCUT2D eigenvalue weighted by atomic mass is 9.92. The van der Waals surface area contributed by atoms with Crippen molar-refractivity contribution >= 4 is 0 Å². The number of aliphatic hydroxyl groups is 1. The van der Waals surface area contributed by atoms with Gasteiger partial charge in [-0.15, -0.1) is 0 Å². The fraction of sp³-hybridized carbons (Fsp3) is 0.692. The van der Waals surface area contributed by atoms with Crippen molar-refractivity contribution in [3.05, 3.63) is 24.2 Å². The van der Waals surface area contributed by atoms with Crippen LogP contribution in [-0.4, -0.2) is 41.8 Å². The predicted octanol–water partition coefficient (Wildman–Crippen LogP) is 1.22. The van der Waals surface area contributed by atoms with E-state index in [9.17, 15) is 5.11 Å².